The van der Waals surface area contributed by atoms with E-state index in [4.69, 9.17) is 9.47 Å². The Labute approximate surface area is 201 Å². The van der Waals surface area contributed by atoms with Crippen LogP contribution in [0.15, 0.2) is 0 Å². The number of rotatable bonds is 9. The van der Waals surface area contributed by atoms with Gasteiger partial charge in [0.2, 0.25) is 17.7 Å². The van der Waals surface area contributed by atoms with E-state index in [9.17, 15) is 19.5 Å². The lowest BCUT2D eigenvalue weighted by Gasteiger charge is -2.36. The summed E-state index contributed by atoms with van der Waals surface area (Å²) in [6, 6.07) is -1.45. The van der Waals surface area contributed by atoms with Crippen LogP contribution in [-0.2, 0) is 23.9 Å². The summed E-state index contributed by atoms with van der Waals surface area (Å²) in [4.78, 5) is 44.4. The van der Waals surface area contributed by atoms with E-state index in [-0.39, 0.29) is 30.2 Å². The van der Waals surface area contributed by atoms with Gasteiger partial charge in [-0.3, -0.25) is 19.3 Å². The largest absolute Gasteiger partial charge is 0.394 e. The van der Waals surface area contributed by atoms with Gasteiger partial charge in [-0.25, -0.2) is 0 Å². The van der Waals surface area contributed by atoms with Gasteiger partial charge in [0, 0.05) is 32.7 Å². The van der Waals surface area contributed by atoms with Crippen LogP contribution in [0.25, 0.3) is 0 Å². The van der Waals surface area contributed by atoms with Gasteiger partial charge < -0.3 is 30.1 Å². The molecule has 4 rings (SSSR count). The molecule has 0 aliphatic carbocycles. The van der Waals surface area contributed by atoms with Crippen molar-refractivity contribution in [1.29, 1.82) is 0 Å². The summed E-state index contributed by atoms with van der Waals surface area (Å²) in [7, 11) is 0. The molecule has 0 aromatic rings. The molecule has 3 amide bonds. The van der Waals surface area contributed by atoms with Crippen LogP contribution in [0.2, 0.25) is 0 Å². The molecule has 0 aromatic heterocycles. The molecular weight excluding hydrogens is 440 g/mol. The summed E-state index contributed by atoms with van der Waals surface area (Å²) in [5.41, 5.74) is -1.90. The number of nitrogens with one attached hydrogen (secondary N) is 2. The molecule has 4 saturated heterocycles. The smallest absolute Gasteiger partial charge is 0.245 e. The number of morpholine rings is 1. The summed E-state index contributed by atoms with van der Waals surface area (Å²) < 4.78 is 12.0. The van der Waals surface area contributed by atoms with Crippen LogP contribution < -0.4 is 10.6 Å². The first kappa shape index (κ1) is 25.3. The fourth-order valence-corrected chi connectivity index (χ4v) is 6.56. The summed E-state index contributed by atoms with van der Waals surface area (Å²) in [6.07, 6.45) is 1.31. The first-order valence-corrected chi connectivity index (χ1v) is 12.7. The van der Waals surface area contributed by atoms with Crippen molar-refractivity contribution >= 4 is 17.7 Å². The monoisotopic (exact) mass is 480 g/mol. The molecule has 10 nitrogen and oxygen atoms in total. The van der Waals surface area contributed by atoms with E-state index >= 15 is 0 Å². The topological polar surface area (TPSA) is 120 Å². The molecule has 7 atom stereocenters. The molecule has 1 spiro atoms. The van der Waals surface area contributed by atoms with Crippen molar-refractivity contribution < 1.29 is 29.0 Å². The predicted molar refractivity (Wildman–Crippen MR) is 124 cm³/mol. The van der Waals surface area contributed by atoms with E-state index < -0.39 is 35.1 Å². The van der Waals surface area contributed by atoms with Crippen LogP contribution in [0.5, 0.6) is 0 Å². The number of aliphatic hydroxyl groups is 1. The van der Waals surface area contributed by atoms with Crippen molar-refractivity contribution in [3.05, 3.63) is 0 Å². The molecule has 3 unspecified atom stereocenters. The number of carbonyl (C=O) groups excluding carboxylic acids is 3. The average molecular weight is 481 g/mol. The van der Waals surface area contributed by atoms with Gasteiger partial charge in [-0.2, -0.15) is 0 Å². The van der Waals surface area contributed by atoms with Crippen molar-refractivity contribution in [2.75, 3.05) is 52.5 Å². The van der Waals surface area contributed by atoms with Gasteiger partial charge in [-0.1, -0.05) is 13.8 Å². The zero-order valence-electron chi connectivity index (χ0n) is 20.8. The Balaban J connectivity index is 1.60. The van der Waals surface area contributed by atoms with Crippen LogP contribution >= 0.6 is 0 Å². The Hall–Kier alpha value is -1.75. The molecule has 4 heterocycles. The number of amides is 3. The minimum Gasteiger partial charge on any atom is -0.394 e. The maximum absolute atomic E-state index is 13.8. The highest BCUT2D eigenvalue weighted by molar-refractivity contribution is 5.99. The molecule has 10 heteroatoms. The molecule has 34 heavy (non-hydrogen) atoms. The SMILES string of the molecule is CCCNC(=O)[C@@H]1[C@H]2C(=O)N([C@H](C)CO)C(C(=O)NCCN3CCOCC3)C23CC(C)[C@@]1(C)O3. The van der Waals surface area contributed by atoms with Crippen molar-refractivity contribution in [3.63, 3.8) is 0 Å². The van der Waals surface area contributed by atoms with Crippen LogP contribution in [0.4, 0.5) is 0 Å². The second-order valence-corrected chi connectivity index (χ2v) is 10.5. The molecule has 4 fully saturated rings. The second-order valence-electron chi connectivity index (χ2n) is 10.5. The summed E-state index contributed by atoms with van der Waals surface area (Å²) in [5, 5.41) is 15.9. The van der Waals surface area contributed by atoms with Gasteiger partial charge in [-0.05, 0) is 32.6 Å². The van der Waals surface area contributed by atoms with Gasteiger partial charge in [0.25, 0.3) is 0 Å². The molecule has 0 saturated carbocycles. The quantitative estimate of drug-likeness (QED) is 0.401. The lowest BCUT2D eigenvalue weighted by atomic mass is 9.62. The Morgan fingerprint density at radius 2 is 1.88 bits per heavy atom. The Morgan fingerprint density at radius 3 is 2.53 bits per heavy atom. The number of nitrogens with zero attached hydrogens (tertiary/aromatic N) is 2. The minimum absolute atomic E-state index is 0.00181. The minimum atomic E-state index is -1.08. The Bertz CT molecular complexity index is 804. The first-order chi connectivity index (χ1) is 16.2. The number of fused-ring (bicyclic) bond motifs is 1. The van der Waals surface area contributed by atoms with Crippen LogP contribution in [0.1, 0.15) is 40.5 Å². The molecule has 3 N–H and O–H groups in total. The number of hydrogen-bond acceptors (Lipinski definition) is 7. The van der Waals surface area contributed by atoms with Gasteiger partial charge in [-0.15, -0.1) is 0 Å². The maximum atomic E-state index is 13.8. The van der Waals surface area contributed by atoms with Gasteiger partial charge in [0.1, 0.15) is 11.6 Å². The molecule has 4 aliphatic rings. The molecule has 192 valence electrons. The summed E-state index contributed by atoms with van der Waals surface area (Å²) >= 11 is 0. The Morgan fingerprint density at radius 1 is 1.21 bits per heavy atom. The number of carbonyl (C=O) groups is 3. The van der Waals surface area contributed by atoms with E-state index in [1.165, 1.54) is 4.90 Å². The third kappa shape index (κ3) is 3.92. The fourth-order valence-electron chi connectivity index (χ4n) is 6.56. The summed E-state index contributed by atoms with van der Waals surface area (Å²) in [5.74, 6) is -2.16. The average Bonchev–Trinajstić information content (AvgIpc) is 3.34. The van der Waals surface area contributed by atoms with Crippen molar-refractivity contribution in [2.45, 2.75) is 63.8 Å². The zero-order chi connectivity index (χ0) is 24.7. The van der Waals surface area contributed by atoms with Crippen LogP contribution in [0, 0.1) is 17.8 Å². The molecular formula is C24H40N4O6. The lowest BCUT2D eigenvalue weighted by Crippen LogP contribution is -2.58. The third-order valence-corrected chi connectivity index (χ3v) is 8.40. The summed E-state index contributed by atoms with van der Waals surface area (Å²) in [6.45, 7) is 12.0. The van der Waals surface area contributed by atoms with Gasteiger partial charge in [0.15, 0.2) is 0 Å². The van der Waals surface area contributed by atoms with Gasteiger partial charge in [0.05, 0.1) is 43.3 Å². The van der Waals surface area contributed by atoms with Crippen molar-refractivity contribution in [1.82, 2.24) is 20.4 Å². The van der Waals surface area contributed by atoms with E-state index in [2.05, 4.69) is 15.5 Å². The fraction of sp³-hybridized carbons (Fsp3) is 0.875. The first-order valence-electron chi connectivity index (χ1n) is 12.7. The number of hydrogen-bond donors (Lipinski definition) is 3. The normalized spacial score (nSPS) is 38.1. The van der Waals surface area contributed by atoms with Crippen LogP contribution in [0.3, 0.4) is 0 Å². The lowest BCUT2D eigenvalue weighted by molar-refractivity contribution is -0.150. The number of ether oxygens (including phenoxy) is 2. The number of likely N-dealkylation sites (tertiary alicyclic amines) is 1. The highest BCUT2D eigenvalue weighted by Gasteiger charge is 2.80. The van der Waals surface area contributed by atoms with Crippen LogP contribution in [-0.4, -0.2) is 108 Å². The van der Waals surface area contributed by atoms with E-state index in [0.717, 1.165) is 19.5 Å². The molecule has 2 bridgehead atoms. The second kappa shape index (κ2) is 9.72. The molecule has 4 aliphatic heterocycles. The highest BCUT2D eigenvalue weighted by Crippen LogP contribution is 2.65. The molecule has 0 aromatic carbocycles. The maximum Gasteiger partial charge on any atom is 0.245 e. The van der Waals surface area contributed by atoms with Crippen molar-refractivity contribution in [2.24, 2.45) is 17.8 Å². The number of aliphatic hydroxyl groups excluding tert-OH is 1. The van der Waals surface area contributed by atoms with E-state index in [1.807, 2.05) is 20.8 Å². The van der Waals surface area contributed by atoms with E-state index in [1.54, 1.807) is 6.92 Å². The third-order valence-electron chi connectivity index (χ3n) is 8.40. The van der Waals surface area contributed by atoms with Crippen molar-refractivity contribution in [3.8, 4) is 0 Å². The standard InChI is InChI=1S/C24H40N4O6/c1-5-6-25-20(30)17-18-22(32)28(16(3)14-29)19(24(18)13-15(2)23(17,4)34-24)21(31)26-7-8-27-9-11-33-12-10-27/h15-19,29H,5-14H2,1-4H3,(H,25,30)(H,26,31)/t15?,16-,17+,18+,19?,23-,24?/m1/s1. The predicted octanol–water partition coefficient (Wildman–Crippen LogP) is -0.647. The highest BCUT2D eigenvalue weighted by atomic mass is 16.5. The zero-order valence-corrected chi connectivity index (χ0v) is 20.8. The van der Waals surface area contributed by atoms with E-state index in [0.29, 0.717) is 39.3 Å². The molecule has 0 radical (unpaired) electrons. The van der Waals surface area contributed by atoms with Gasteiger partial charge >= 0.3 is 0 Å². The Kier molecular flexibility index (Phi) is 7.24.